The van der Waals surface area contributed by atoms with E-state index in [2.05, 4.69) is 25.6 Å². The Labute approximate surface area is 151 Å². The molecule has 0 aliphatic rings. The van der Waals surface area contributed by atoms with Gasteiger partial charge in [0, 0.05) is 43.3 Å². The summed E-state index contributed by atoms with van der Waals surface area (Å²) in [6.45, 7) is 2.04. The molecular weight excluding hydrogens is 332 g/mol. The second-order valence-corrected chi connectivity index (χ2v) is 5.42. The van der Waals surface area contributed by atoms with Crippen LogP contribution >= 0.6 is 0 Å². The number of nitrogens with two attached hydrogens (primary N) is 1. The lowest BCUT2D eigenvalue weighted by Crippen LogP contribution is -2.26. The lowest BCUT2D eigenvalue weighted by Gasteiger charge is -2.10. The van der Waals surface area contributed by atoms with Crippen LogP contribution in [0.4, 0.5) is 5.95 Å². The molecule has 2 aromatic rings. The first-order valence-electron chi connectivity index (χ1n) is 8.03. The summed E-state index contributed by atoms with van der Waals surface area (Å²) in [7, 11) is 1.64. The van der Waals surface area contributed by atoms with E-state index in [1.165, 1.54) is 6.20 Å². The average molecular weight is 354 g/mol. The van der Waals surface area contributed by atoms with Gasteiger partial charge < -0.3 is 21.5 Å². The van der Waals surface area contributed by atoms with Crippen molar-refractivity contribution >= 4 is 18.1 Å². The van der Waals surface area contributed by atoms with Gasteiger partial charge in [0.15, 0.2) is 0 Å². The van der Waals surface area contributed by atoms with E-state index in [4.69, 9.17) is 10.8 Å². The number of aromatic nitrogens is 2. The normalized spacial score (nSPS) is 11.6. The van der Waals surface area contributed by atoms with Crippen molar-refractivity contribution in [1.82, 2.24) is 15.3 Å². The van der Waals surface area contributed by atoms with Gasteiger partial charge in [0.2, 0.25) is 5.95 Å². The van der Waals surface area contributed by atoms with Gasteiger partial charge in [-0.05, 0) is 24.6 Å². The van der Waals surface area contributed by atoms with Crippen molar-refractivity contribution in [1.29, 1.82) is 0 Å². The number of hydrogen-bond acceptors (Lipinski definition) is 7. The minimum Gasteiger partial charge on any atom is -0.403 e. The van der Waals surface area contributed by atoms with Gasteiger partial charge in [0.1, 0.15) is 0 Å². The second kappa shape index (κ2) is 9.28. The molecule has 1 amide bonds. The molecule has 0 unspecified atom stereocenters. The van der Waals surface area contributed by atoms with Crippen LogP contribution < -0.4 is 16.4 Å². The number of anilines is 1. The lowest BCUT2D eigenvalue weighted by atomic mass is 10.1. The Kier molecular flexibility index (Phi) is 6.81. The Hall–Kier alpha value is -3.26. The van der Waals surface area contributed by atoms with Crippen molar-refractivity contribution in [2.45, 2.75) is 6.92 Å². The van der Waals surface area contributed by atoms with E-state index < -0.39 is 0 Å². The fourth-order valence-corrected chi connectivity index (χ4v) is 2.23. The summed E-state index contributed by atoms with van der Waals surface area (Å²) >= 11 is 0. The third-order valence-electron chi connectivity index (χ3n) is 3.49. The molecule has 0 spiro atoms. The minimum absolute atomic E-state index is 0.0955. The molecule has 1 aromatic heterocycles. The molecule has 8 nitrogen and oxygen atoms in total. The van der Waals surface area contributed by atoms with Crippen molar-refractivity contribution in [3.8, 4) is 11.3 Å². The molecule has 8 heteroatoms. The largest absolute Gasteiger partial charge is 0.403 e. The van der Waals surface area contributed by atoms with Gasteiger partial charge in [-0.2, -0.15) is 0 Å². The maximum absolute atomic E-state index is 11.9. The summed E-state index contributed by atoms with van der Waals surface area (Å²) in [5.74, 6) is 0.163. The standard InChI is InChI=1S/C18H22N6O2/c1-12-10-22-18(23-15(9-19)11-20-2)24-16(12)13-3-5-14(6-4-13)17(26)21-7-8-25/h3-6,9-11,25H,7-8,19H2,1-2H3,(H,21,26)(H,22,23,24)/b15-9+,20-11?. The van der Waals surface area contributed by atoms with E-state index in [1.807, 2.05) is 19.1 Å². The highest BCUT2D eigenvalue weighted by molar-refractivity contribution is 5.94. The number of aliphatic hydroxyl groups excluding tert-OH is 1. The van der Waals surface area contributed by atoms with Crippen LogP contribution in [0, 0.1) is 6.92 Å². The number of aliphatic imine (C=N–C) groups is 1. The first-order chi connectivity index (χ1) is 12.6. The predicted molar refractivity (Wildman–Crippen MR) is 102 cm³/mol. The highest BCUT2D eigenvalue weighted by Crippen LogP contribution is 2.22. The SMILES string of the molecule is CN=C/C(=C\N)Nc1ncc(C)c(-c2ccc(C(=O)NCCO)cc2)n1. The number of rotatable bonds is 7. The fraction of sp³-hybridized carbons (Fsp3) is 0.222. The Morgan fingerprint density at radius 2 is 2.08 bits per heavy atom. The monoisotopic (exact) mass is 354 g/mol. The summed E-state index contributed by atoms with van der Waals surface area (Å²) in [5, 5.41) is 14.4. The van der Waals surface area contributed by atoms with E-state index in [9.17, 15) is 4.79 Å². The fourth-order valence-electron chi connectivity index (χ4n) is 2.23. The molecule has 0 radical (unpaired) electrons. The molecule has 26 heavy (non-hydrogen) atoms. The van der Waals surface area contributed by atoms with E-state index in [-0.39, 0.29) is 19.1 Å². The first-order valence-corrected chi connectivity index (χ1v) is 8.03. The Bertz CT molecular complexity index is 815. The van der Waals surface area contributed by atoms with Crippen LogP contribution in [0.5, 0.6) is 0 Å². The summed E-state index contributed by atoms with van der Waals surface area (Å²) in [6, 6.07) is 7.07. The third-order valence-corrected chi connectivity index (χ3v) is 3.49. The number of amides is 1. The second-order valence-electron chi connectivity index (χ2n) is 5.42. The number of benzene rings is 1. The smallest absolute Gasteiger partial charge is 0.251 e. The van der Waals surface area contributed by atoms with E-state index in [0.717, 1.165) is 16.8 Å². The molecule has 0 aliphatic heterocycles. The molecule has 0 saturated carbocycles. The number of allylic oxidation sites excluding steroid dienone is 1. The van der Waals surface area contributed by atoms with Crippen molar-refractivity contribution < 1.29 is 9.90 Å². The maximum atomic E-state index is 11.9. The Morgan fingerprint density at radius 1 is 1.35 bits per heavy atom. The topological polar surface area (TPSA) is 126 Å². The highest BCUT2D eigenvalue weighted by Gasteiger charge is 2.09. The van der Waals surface area contributed by atoms with Crippen molar-refractivity contribution in [2.24, 2.45) is 10.7 Å². The van der Waals surface area contributed by atoms with Crippen LogP contribution in [0.1, 0.15) is 15.9 Å². The van der Waals surface area contributed by atoms with Gasteiger partial charge >= 0.3 is 0 Å². The number of carbonyl (C=O) groups excluding carboxylic acids is 1. The number of aliphatic hydroxyl groups is 1. The van der Waals surface area contributed by atoms with Crippen LogP contribution in [0.2, 0.25) is 0 Å². The molecule has 0 atom stereocenters. The number of hydrogen-bond donors (Lipinski definition) is 4. The highest BCUT2D eigenvalue weighted by atomic mass is 16.3. The summed E-state index contributed by atoms with van der Waals surface area (Å²) in [5.41, 5.74) is 9.14. The summed E-state index contributed by atoms with van der Waals surface area (Å²) < 4.78 is 0. The molecular formula is C18H22N6O2. The van der Waals surface area contributed by atoms with Crippen LogP contribution in [0.3, 0.4) is 0 Å². The van der Waals surface area contributed by atoms with Gasteiger partial charge in [0.05, 0.1) is 18.0 Å². The third kappa shape index (κ3) is 4.87. The van der Waals surface area contributed by atoms with Crippen molar-refractivity contribution in [3.05, 3.63) is 53.5 Å². The zero-order valence-electron chi connectivity index (χ0n) is 14.7. The number of nitrogens with one attached hydrogen (secondary N) is 2. The van der Waals surface area contributed by atoms with E-state index in [1.54, 1.807) is 31.6 Å². The van der Waals surface area contributed by atoms with Gasteiger partial charge in [0.25, 0.3) is 5.91 Å². The minimum atomic E-state index is -0.232. The van der Waals surface area contributed by atoms with Gasteiger partial charge in [-0.3, -0.25) is 9.79 Å². The Morgan fingerprint density at radius 3 is 2.69 bits per heavy atom. The molecule has 0 fully saturated rings. The van der Waals surface area contributed by atoms with E-state index >= 15 is 0 Å². The van der Waals surface area contributed by atoms with E-state index in [0.29, 0.717) is 17.2 Å². The van der Waals surface area contributed by atoms with Gasteiger partial charge in [-0.15, -0.1) is 0 Å². The van der Waals surface area contributed by atoms with Crippen molar-refractivity contribution in [3.63, 3.8) is 0 Å². The number of aryl methyl sites for hydroxylation is 1. The molecule has 0 bridgehead atoms. The average Bonchev–Trinajstić information content (AvgIpc) is 2.67. The van der Waals surface area contributed by atoms with Crippen LogP contribution in [-0.2, 0) is 0 Å². The maximum Gasteiger partial charge on any atom is 0.251 e. The molecule has 0 saturated heterocycles. The number of carbonyl (C=O) groups is 1. The quantitative estimate of drug-likeness (QED) is 0.552. The summed E-state index contributed by atoms with van der Waals surface area (Å²) in [4.78, 5) is 24.6. The first kappa shape index (κ1) is 19.1. The summed E-state index contributed by atoms with van der Waals surface area (Å²) in [6.07, 6.45) is 4.67. The zero-order valence-corrected chi connectivity index (χ0v) is 14.7. The van der Waals surface area contributed by atoms with Gasteiger partial charge in [-0.25, -0.2) is 9.97 Å². The molecule has 1 aromatic carbocycles. The van der Waals surface area contributed by atoms with Gasteiger partial charge in [-0.1, -0.05) is 12.1 Å². The zero-order chi connectivity index (χ0) is 18.9. The predicted octanol–water partition coefficient (Wildman–Crippen LogP) is 1.09. The molecule has 5 N–H and O–H groups in total. The van der Waals surface area contributed by atoms with Crippen molar-refractivity contribution in [2.75, 3.05) is 25.5 Å². The molecule has 1 heterocycles. The Balaban J connectivity index is 2.25. The molecule has 136 valence electrons. The molecule has 2 rings (SSSR count). The van der Waals surface area contributed by atoms with Crippen LogP contribution in [-0.4, -0.2) is 47.4 Å². The van der Waals surface area contributed by atoms with Crippen LogP contribution in [0.15, 0.2) is 47.4 Å². The van der Waals surface area contributed by atoms with Crippen LogP contribution in [0.25, 0.3) is 11.3 Å². The molecule has 0 aliphatic carbocycles. The lowest BCUT2D eigenvalue weighted by molar-refractivity contribution is 0.0945. The number of nitrogens with zero attached hydrogens (tertiary/aromatic N) is 3.